The Morgan fingerprint density at radius 2 is 0.863 bits per heavy atom. The van der Waals surface area contributed by atoms with Crippen molar-refractivity contribution in [2.45, 2.75) is 43.9 Å². The number of rotatable bonds is 7. The van der Waals surface area contributed by atoms with E-state index in [1.165, 1.54) is 82.7 Å². The van der Waals surface area contributed by atoms with E-state index in [2.05, 4.69) is 175 Å². The molecule has 4 aliphatic rings. The summed E-state index contributed by atoms with van der Waals surface area (Å²) < 4.78 is 0. The maximum Gasteiger partial charge on any atom is 0.0462 e. The lowest BCUT2D eigenvalue weighted by Gasteiger charge is -2.57. The summed E-state index contributed by atoms with van der Waals surface area (Å²) in [7, 11) is 0. The average Bonchev–Trinajstić information content (AvgIpc) is 3.19. The molecule has 0 N–H and O–H groups in total. The predicted molar refractivity (Wildman–Crippen MR) is 215 cm³/mol. The molecule has 0 aromatic heterocycles. The van der Waals surface area contributed by atoms with Gasteiger partial charge >= 0.3 is 0 Å². The minimum absolute atomic E-state index is 0.408. The van der Waals surface area contributed by atoms with Crippen molar-refractivity contribution < 1.29 is 0 Å². The highest BCUT2D eigenvalue weighted by molar-refractivity contribution is 5.97. The van der Waals surface area contributed by atoms with Crippen LogP contribution in [0.15, 0.2) is 170 Å². The van der Waals surface area contributed by atoms with Crippen LogP contribution in [0.1, 0.15) is 44.1 Å². The molecule has 248 valence electrons. The van der Waals surface area contributed by atoms with Gasteiger partial charge in [-0.2, -0.15) is 0 Å². The van der Waals surface area contributed by atoms with E-state index in [0.717, 1.165) is 34.8 Å². The maximum absolute atomic E-state index is 2.54. The van der Waals surface area contributed by atoms with E-state index < -0.39 is 0 Å². The Hall–Kier alpha value is -5.40. The molecule has 51 heavy (non-hydrogen) atoms. The first kappa shape index (κ1) is 30.4. The second kappa shape index (κ2) is 12.4. The minimum atomic E-state index is 0.408. The van der Waals surface area contributed by atoms with Crippen LogP contribution in [0.25, 0.3) is 44.2 Å². The van der Waals surface area contributed by atoms with Crippen molar-refractivity contribution in [1.82, 2.24) is 0 Å². The first-order chi connectivity index (χ1) is 25.2. The van der Waals surface area contributed by atoms with Gasteiger partial charge in [-0.15, -0.1) is 0 Å². The topological polar surface area (TPSA) is 3.24 Å². The van der Waals surface area contributed by atoms with Crippen LogP contribution in [0.3, 0.4) is 0 Å². The zero-order valence-electron chi connectivity index (χ0n) is 29.1. The van der Waals surface area contributed by atoms with Crippen molar-refractivity contribution in [3.8, 4) is 33.4 Å². The maximum atomic E-state index is 2.54. The molecule has 4 aliphatic carbocycles. The minimum Gasteiger partial charge on any atom is -0.311 e. The van der Waals surface area contributed by atoms with E-state index in [1.54, 1.807) is 5.56 Å². The third kappa shape index (κ3) is 5.56. The second-order valence-corrected chi connectivity index (χ2v) is 15.6. The molecule has 11 rings (SSSR count). The fourth-order valence-corrected chi connectivity index (χ4v) is 10.4. The van der Waals surface area contributed by atoms with Crippen LogP contribution in [-0.2, 0) is 5.41 Å². The Labute approximate surface area is 302 Å². The Kier molecular flexibility index (Phi) is 7.41. The van der Waals surface area contributed by atoms with Crippen LogP contribution in [0.2, 0.25) is 0 Å². The van der Waals surface area contributed by atoms with E-state index >= 15 is 0 Å². The third-order valence-electron chi connectivity index (χ3n) is 12.4. The fraction of sp³-hybridized carbons (Fsp3) is 0.200. The molecule has 0 atom stereocenters. The third-order valence-corrected chi connectivity index (χ3v) is 12.4. The van der Waals surface area contributed by atoms with Crippen LogP contribution < -0.4 is 4.90 Å². The van der Waals surface area contributed by atoms with Crippen molar-refractivity contribution >= 4 is 27.8 Å². The van der Waals surface area contributed by atoms with Gasteiger partial charge in [0.1, 0.15) is 0 Å². The van der Waals surface area contributed by atoms with Crippen LogP contribution in [0.4, 0.5) is 17.1 Å². The molecule has 4 saturated carbocycles. The molecule has 0 amide bonds. The van der Waals surface area contributed by atoms with Crippen molar-refractivity contribution in [3.63, 3.8) is 0 Å². The second-order valence-electron chi connectivity index (χ2n) is 15.6. The molecule has 4 fully saturated rings. The van der Waals surface area contributed by atoms with E-state index in [0.29, 0.717) is 5.41 Å². The summed E-state index contributed by atoms with van der Waals surface area (Å²) in [5.74, 6) is 2.86. The van der Waals surface area contributed by atoms with Gasteiger partial charge in [0.05, 0.1) is 0 Å². The van der Waals surface area contributed by atoms with Gasteiger partial charge in [-0.1, -0.05) is 133 Å². The first-order valence-electron chi connectivity index (χ1n) is 18.9. The Morgan fingerprint density at radius 3 is 1.49 bits per heavy atom. The molecule has 0 heterocycles. The molecule has 0 saturated heterocycles. The van der Waals surface area contributed by atoms with Gasteiger partial charge in [0.2, 0.25) is 0 Å². The van der Waals surface area contributed by atoms with E-state index in [9.17, 15) is 0 Å². The summed E-state index contributed by atoms with van der Waals surface area (Å²) in [6, 6.07) is 62.8. The van der Waals surface area contributed by atoms with E-state index in [-0.39, 0.29) is 0 Å². The van der Waals surface area contributed by atoms with E-state index in [4.69, 9.17) is 0 Å². The van der Waals surface area contributed by atoms with Gasteiger partial charge in [0.25, 0.3) is 0 Å². The summed E-state index contributed by atoms with van der Waals surface area (Å²) in [5, 5.41) is 2.55. The highest BCUT2D eigenvalue weighted by Crippen LogP contribution is 2.61. The molecule has 7 aromatic rings. The van der Waals surface area contributed by atoms with Gasteiger partial charge in [-0.3, -0.25) is 0 Å². The molecule has 1 heteroatoms. The first-order valence-corrected chi connectivity index (χ1v) is 18.9. The molecule has 0 radical (unpaired) electrons. The summed E-state index contributed by atoms with van der Waals surface area (Å²) in [5.41, 5.74) is 13.0. The van der Waals surface area contributed by atoms with Crippen LogP contribution in [0, 0.1) is 17.8 Å². The zero-order valence-corrected chi connectivity index (χ0v) is 29.1. The predicted octanol–water partition coefficient (Wildman–Crippen LogP) is 13.8. The monoisotopic (exact) mass is 657 g/mol. The lowest BCUT2D eigenvalue weighted by atomic mass is 9.48. The highest BCUT2D eigenvalue weighted by atomic mass is 15.1. The van der Waals surface area contributed by atoms with Gasteiger partial charge < -0.3 is 4.90 Å². The van der Waals surface area contributed by atoms with Crippen LogP contribution >= 0.6 is 0 Å². The number of hydrogen-bond acceptors (Lipinski definition) is 1. The van der Waals surface area contributed by atoms with Crippen molar-refractivity contribution in [2.24, 2.45) is 17.8 Å². The molecule has 7 aromatic carbocycles. The summed E-state index contributed by atoms with van der Waals surface area (Å²) in [6.07, 6.45) is 8.66. The van der Waals surface area contributed by atoms with Crippen molar-refractivity contribution in [3.05, 3.63) is 175 Å². The Balaban J connectivity index is 0.998. The number of hydrogen-bond donors (Lipinski definition) is 0. The van der Waals surface area contributed by atoms with Crippen molar-refractivity contribution in [1.29, 1.82) is 0 Å². The smallest absolute Gasteiger partial charge is 0.0462 e. The summed E-state index contributed by atoms with van der Waals surface area (Å²) in [4.78, 5) is 2.39. The lowest BCUT2D eigenvalue weighted by molar-refractivity contribution is -0.00516. The lowest BCUT2D eigenvalue weighted by Crippen LogP contribution is -2.48. The molecule has 4 bridgehead atoms. The fourth-order valence-electron chi connectivity index (χ4n) is 10.4. The number of benzene rings is 7. The number of anilines is 3. The number of fused-ring (bicyclic) bond motifs is 1. The van der Waals surface area contributed by atoms with Gasteiger partial charge in [-0.05, 0) is 148 Å². The molecular formula is C50H43N. The molecule has 1 nitrogen and oxygen atoms in total. The van der Waals surface area contributed by atoms with E-state index in [1.807, 2.05) is 0 Å². The molecule has 0 spiro atoms. The molecule has 0 unspecified atom stereocenters. The summed E-state index contributed by atoms with van der Waals surface area (Å²) >= 11 is 0. The Morgan fingerprint density at radius 1 is 0.392 bits per heavy atom. The normalized spacial score (nSPS) is 21.9. The largest absolute Gasteiger partial charge is 0.311 e. The zero-order chi connectivity index (χ0) is 33.8. The quantitative estimate of drug-likeness (QED) is 0.165. The SMILES string of the molecule is c1ccc(-c2ccc(N(c3ccc(-c4cccc(C56CC7CC(CC(C7)C5)C6)c4)cc3)c3ccc(-c4cccc5ccccc45)cc3)cc2)cc1. The standard InChI is InChI=1S/C50H43N/c1-2-8-38(9-3-1)39-16-22-45(23-17-39)51(47-26-20-42(21-27-47)49-15-7-11-41-10-4-5-14-48(41)49)46-24-18-40(19-25-46)43-12-6-13-44(31-43)50-32-35-28-36(33-50)30-37(29-35)34-50/h1-27,31,35-37H,28-30,32-34H2. The molecule has 0 aliphatic heterocycles. The van der Waals surface area contributed by atoms with Crippen LogP contribution in [0.5, 0.6) is 0 Å². The van der Waals surface area contributed by atoms with Gasteiger partial charge in [0, 0.05) is 17.1 Å². The van der Waals surface area contributed by atoms with Crippen LogP contribution in [-0.4, -0.2) is 0 Å². The van der Waals surface area contributed by atoms with Gasteiger partial charge in [0.15, 0.2) is 0 Å². The average molecular weight is 658 g/mol. The summed E-state index contributed by atoms with van der Waals surface area (Å²) in [6.45, 7) is 0. The van der Waals surface area contributed by atoms with Crippen molar-refractivity contribution in [2.75, 3.05) is 4.90 Å². The molecular weight excluding hydrogens is 615 g/mol. The highest BCUT2D eigenvalue weighted by Gasteiger charge is 2.51. The number of nitrogens with zero attached hydrogens (tertiary/aromatic N) is 1. The Bertz CT molecular complexity index is 2280. The van der Waals surface area contributed by atoms with Gasteiger partial charge in [-0.25, -0.2) is 0 Å².